The van der Waals surface area contributed by atoms with Crippen LogP contribution in [0.1, 0.15) is 31.4 Å². The second kappa shape index (κ2) is 5.27. The average molecular weight is 234 g/mol. The first-order valence-corrected chi connectivity index (χ1v) is 6.05. The van der Waals surface area contributed by atoms with Gasteiger partial charge in [-0.05, 0) is 50.6 Å². The van der Waals surface area contributed by atoms with Gasteiger partial charge in [-0.25, -0.2) is 0 Å². The lowest BCUT2D eigenvalue weighted by Crippen LogP contribution is -2.37. The molecule has 1 atom stereocenters. The van der Waals surface area contributed by atoms with Crippen molar-refractivity contribution in [1.29, 1.82) is 0 Å². The van der Waals surface area contributed by atoms with Crippen molar-refractivity contribution < 1.29 is 9.90 Å². The van der Waals surface area contributed by atoms with Crippen LogP contribution in [0.2, 0.25) is 0 Å². The molecule has 1 saturated heterocycles. The van der Waals surface area contributed by atoms with Crippen molar-refractivity contribution in [2.45, 2.75) is 25.8 Å². The summed E-state index contributed by atoms with van der Waals surface area (Å²) in [5.74, 6) is -0.808. The number of hydrogen-bond donors (Lipinski definition) is 1. The Hall–Kier alpha value is -1.42. The number of aromatic nitrogens is 1. The standard InChI is InChI=1S/C13H18N2O2/c1-10(11-2-6-14-7-3-11)15-8-4-12(5-9-15)13(16)17/h2-3,6-7,10,12H,4-5,8-9H2,1H3,(H,16,17). The topological polar surface area (TPSA) is 53.4 Å². The molecule has 1 aliphatic rings. The van der Waals surface area contributed by atoms with Crippen LogP contribution in [-0.2, 0) is 4.79 Å². The van der Waals surface area contributed by atoms with Crippen molar-refractivity contribution in [1.82, 2.24) is 9.88 Å². The van der Waals surface area contributed by atoms with E-state index in [2.05, 4.69) is 16.8 Å². The number of likely N-dealkylation sites (tertiary alicyclic amines) is 1. The zero-order chi connectivity index (χ0) is 12.3. The molecule has 1 aliphatic heterocycles. The Bertz CT molecular complexity index is 372. The molecule has 4 heteroatoms. The SMILES string of the molecule is CC(c1ccncc1)N1CCC(C(=O)O)CC1. The van der Waals surface area contributed by atoms with Crippen molar-refractivity contribution in [3.8, 4) is 0 Å². The molecule has 0 saturated carbocycles. The Morgan fingerprint density at radius 1 is 1.41 bits per heavy atom. The van der Waals surface area contributed by atoms with Crippen LogP contribution in [0.15, 0.2) is 24.5 Å². The normalized spacial score (nSPS) is 20.1. The molecule has 2 heterocycles. The number of carbonyl (C=O) groups is 1. The molecule has 0 spiro atoms. The monoisotopic (exact) mass is 234 g/mol. The second-order valence-electron chi connectivity index (χ2n) is 4.61. The van der Waals surface area contributed by atoms with Gasteiger partial charge in [-0.3, -0.25) is 14.7 Å². The summed E-state index contributed by atoms with van der Waals surface area (Å²) in [6, 6.07) is 4.38. The van der Waals surface area contributed by atoms with E-state index in [9.17, 15) is 4.79 Å². The molecule has 1 aromatic rings. The first-order chi connectivity index (χ1) is 8.18. The molecule has 17 heavy (non-hydrogen) atoms. The van der Waals surface area contributed by atoms with E-state index in [4.69, 9.17) is 5.11 Å². The molecule has 0 bridgehead atoms. The molecule has 1 N–H and O–H groups in total. The van der Waals surface area contributed by atoms with Gasteiger partial charge in [0.25, 0.3) is 0 Å². The van der Waals surface area contributed by atoms with Gasteiger partial charge in [-0.15, -0.1) is 0 Å². The third kappa shape index (κ3) is 2.82. The van der Waals surface area contributed by atoms with E-state index < -0.39 is 5.97 Å². The summed E-state index contributed by atoms with van der Waals surface area (Å²) in [6.07, 6.45) is 5.11. The number of aliphatic carboxylic acids is 1. The van der Waals surface area contributed by atoms with Gasteiger partial charge in [0.15, 0.2) is 0 Å². The van der Waals surface area contributed by atoms with Crippen LogP contribution in [0.25, 0.3) is 0 Å². The highest BCUT2D eigenvalue weighted by Crippen LogP contribution is 2.26. The van der Waals surface area contributed by atoms with Gasteiger partial charge in [0, 0.05) is 18.4 Å². The van der Waals surface area contributed by atoms with E-state index >= 15 is 0 Å². The highest BCUT2D eigenvalue weighted by molar-refractivity contribution is 5.70. The molecule has 0 aromatic carbocycles. The number of piperidine rings is 1. The van der Waals surface area contributed by atoms with Crippen LogP contribution in [0.4, 0.5) is 0 Å². The Labute approximate surface area is 101 Å². The number of rotatable bonds is 3. The van der Waals surface area contributed by atoms with Crippen molar-refractivity contribution in [2.75, 3.05) is 13.1 Å². The first-order valence-electron chi connectivity index (χ1n) is 6.05. The van der Waals surface area contributed by atoms with E-state index in [1.807, 2.05) is 12.1 Å². The lowest BCUT2D eigenvalue weighted by atomic mass is 9.95. The van der Waals surface area contributed by atoms with Crippen LogP contribution in [0.5, 0.6) is 0 Å². The molecule has 92 valence electrons. The van der Waals surface area contributed by atoms with Crippen molar-refractivity contribution >= 4 is 5.97 Å². The second-order valence-corrected chi connectivity index (χ2v) is 4.61. The Morgan fingerprint density at radius 2 is 2.00 bits per heavy atom. The minimum Gasteiger partial charge on any atom is -0.481 e. The lowest BCUT2D eigenvalue weighted by Gasteiger charge is -2.34. The number of nitrogens with zero attached hydrogens (tertiary/aromatic N) is 2. The van der Waals surface area contributed by atoms with Gasteiger partial charge < -0.3 is 5.11 Å². The van der Waals surface area contributed by atoms with Gasteiger partial charge in [-0.2, -0.15) is 0 Å². The molecule has 1 unspecified atom stereocenters. The highest BCUT2D eigenvalue weighted by Gasteiger charge is 2.27. The molecular formula is C13H18N2O2. The van der Waals surface area contributed by atoms with Crippen LogP contribution in [-0.4, -0.2) is 34.0 Å². The summed E-state index contributed by atoms with van der Waals surface area (Å²) in [7, 11) is 0. The molecule has 2 rings (SSSR count). The third-order valence-corrected chi connectivity index (χ3v) is 3.62. The van der Waals surface area contributed by atoms with E-state index in [1.165, 1.54) is 5.56 Å². The molecule has 4 nitrogen and oxygen atoms in total. The maximum Gasteiger partial charge on any atom is 0.306 e. The number of carboxylic acids is 1. The molecule has 1 fully saturated rings. The quantitative estimate of drug-likeness (QED) is 0.868. The largest absolute Gasteiger partial charge is 0.481 e. The predicted octanol–water partition coefficient (Wildman–Crippen LogP) is 1.94. The zero-order valence-electron chi connectivity index (χ0n) is 10.0. The highest BCUT2D eigenvalue weighted by atomic mass is 16.4. The Morgan fingerprint density at radius 3 is 2.53 bits per heavy atom. The van der Waals surface area contributed by atoms with Crippen LogP contribution in [0.3, 0.4) is 0 Å². The summed E-state index contributed by atoms with van der Waals surface area (Å²) < 4.78 is 0. The summed E-state index contributed by atoms with van der Waals surface area (Å²) in [5.41, 5.74) is 1.24. The first kappa shape index (κ1) is 12.0. The molecule has 1 aromatic heterocycles. The fourth-order valence-corrected chi connectivity index (χ4v) is 2.39. The maximum atomic E-state index is 10.9. The van der Waals surface area contributed by atoms with E-state index in [1.54, 1.807) is 12.4 Å². The number of pyridine rings is 1. The number of hydrogen-bond acceptors (Lipinski definition) is 3. The van der Waals surface area contributed by atoms with E-state index in [-0.39, 0.29) is 5.92 Å². The average Bonchev–Trinajstić information content (AvgIpc) is 2.39. The zero-order valence-corrected chi connectivity index (χ0v) is 10.0. The van der Waals surface area contributed by atoms with Gasteiger partial charge in [0.1, 0.15) is 0 Å². The molecule has 0 amide bonds. The van der Waals surface area contributed by atoms with E-state index in [0.717, 1.165) is 25.9 Å². The maximum absolute atomic E-state index is 10.9. The van der Waals surface area contributed by atoms with Gasteiger partial charge >= 0.3 is 5.97 Å². The summed E-state index contributed by atoms with van der Waals surface area (Å²) in [6.45, 7) is 3.89. The van der Waals surface area contributed by atoms with Crippen molar-refractivity contribution in [3.05, 3.63) is 30.1 Å². The minimum absolute atomic E-state index is 0.157. The van der Waals surface area contributed by atoms with E-state index in [0.29, 0.717) is 6.04 Å². The van der Waals surface area contributed by atoms with Crippen molar-refractivity contribution in [3.63, 3.8) is 0 Å². The molecular weight excluding hydrogens is 216 g/mol. The molecule has 0 aliphatic carbocycles. The summed E-state index contributed by atoms with van der Waals surface area (Å²) in [4.78, 5) is 17.2. The van der Waals surface area contributed by atoms with Gasteiger partial charge in [-0.1, -0.05) is 0 Å². The third-order valence-electron chi connectivity index (χ3n) is 3.62. The number of carboxylic acid groups (broad SMARTS) is 1. The van der Waals surface area contributed by atoms with Crippen LogP contribution >= 0.6 is 0 Å². The van der Waals surface area contributed by atoms with Crippen molar-refractivity contribution in [2.24, 2.45) is 5.92 Å². The van der Waals surface area contributed by atoms with Crippen LogP contribution < -0.4 is 0 Å². The van der Waals surface area contributed by atoms with Gasteiger partial charge in [0.05, 0.1) is 5.92 Å². The lowest BCUT2D eigenvalue weighted by molar-refractivity contribution is -0.143. The fraction of sp³-hybridized carbons (Fsp3) is 0.538. The molecule has 0 radical (unpaired) electrons. The Kier molecular flexibility index (Phi) is 3.74. The summed E-state index contributed by atoms with van der Waals surface area (Å²) >= 11 is 0. The Balaban J connectivity index is 1.95. The smallest absolute Gasteiger partial charge is 0.306 e. The summed E-state index contributed by atoms with van der Waals surface area (Å²) in [5, 5.41) is 8.95. The predicted molar refractivity (Wildman–Crippen MR) is 64.6 cm³/mol. The van der Waals surface area contributed by atoms with Crippen LogP contribution in [0, 0.1) is 5.92 Å². The fourth-order valence-electron chi connectivity index (χ4n) is 2.39. The van der Waals surface area contributed by atoms with Gasteiger partial charge in [0.2, 0.25) is 0 Å². The minimum atomic E-state index is -0.652.